The SMILES string of the molecule is O=C(c1ccc2noc(-c3cccc(Cl)c3)c2c1)c1ccc(Cl)s1. The molecule has 0 bridgehead atoms. The zero-order valence-electron chi connectivity index (χ0n) is 12.1. The molecule has 4 aromatic rings. The zero-order valence-corrected chi connectivity index (χ0v) is 14.5. The largest absolute Gasteiger partial charge is 0.355 e. The van der Waals surface area contributed by atoms with Crippen molar-refractivity contribution < 1.29 is 9.32 Å². The van der Waals surface area contributed by atoms with Crippen molar-refractivity contribution in [3.05, 3.63) is 74.4 Å². The zero-order chi connectivity index (χ0) is 16.7. The van der Waals surface area contributed by atoms with Crippen LogP contribution in [0.5, 0.6) is 0 Å². The van der Waals surface area contributed by atoms with E-state index in [1.54, 1.807) is 42.5 Å². The lowest BCUT2D eigenvalue weighted by Crippen LogP contribution is -1.97. The summed E-state index contributed by atoms with van der Waals surface area (Å²) in [5.41, 5.74) is 2.06. The van der Waals surface area contributed by atoms with Crippen LogP contribution in [-0.2, 0) is 0 Å². The Labute approximate surface area is 151 Å². The van der Waals surface area contributed by atoms with E-state index in [1.807, 2.05) is 12.1 Å². The van der Waals surface area contributed by atoms with Gasteiger partial charge >= 0.3 is 0 Å². The number of aromatic nitrogens is 1. The normalized spacial score (nSPS) is 11.1. The Morgan fingerprint density at radius 1 is 1.04 bits per heavy atom. The van der Waals surface area contributed by atoms with Crippen LogP contribution in [0.25, 0.3) is 22.2 Å². The molecule has 6 heteroatoms. The second-order valence-electron chi connectivity index (χ2n) is 5.19. The van der Waals surface area contributed by atoms with Crippen LogP contribution < -0.4 is 0 Å². The van der Waals surface area contributed by atoms with Gasteiger partial charge in [0.25, 0.3) is 0 Å². The van der Waals surface area contributed by atoms with E-state index in [1.165, 1.54) is 11.3 Å². The van der Waals surface area contributed by atoms with Crippen molar-refractivity contribution in [1.82, 2.24) is 5.16 Å². The summed E-state index contributed by atoms with van der Waals surface area (Å²) >= 11 is 13.2. The summed E-state index contributed by atoms with van der Waals surface area (Å²) in [6.45, 7) is 0. The number of hydrogen-bond donors (Lipinski definition) is 0. The van der Waals surface area contributed by atoms with Crippen molar-refractivity contribution in [3.63, 3.8) is 0 Å². The highest BCUT2D eigenvalue weighted by atomic mass is 35.5. The van der Waals surface area contributed by atoms with E-state index in [4.69, 9.17) is 27.7 Å². The lowest BCUT2D eigenvalue weighted by molar-refractivity contribution is 0.104. The number of nitrogens with zero attached hydrogens (tertiary/aromatic N) is 1. The molecule has 118 valence electrons. The molecule has 0 amide bonds. The van der Waals surface area contributed by atoms with Gasteiger partial charge < -0.3 is 4.52 Å². The number of thiophene rings is 1. The molecule has 2 aromatic carbocycles. The van der Waals surface area contributed by atoms with Crippen molar-refractivity contribution >= 4 is 51.2 Å². The molecular weight excluding hydrogens is 365 g/mol. The smallest absolute Gasteiger partial charge is 0.203 e. The molecule has 0 atom stereocenters. The van der Waals surface area contributed by atoms with Crippen molar-refractivity contribution in [2.75, 3.05) is 0 Å². The first-order valence-electron chi connectivity index (χ1n) is 7.07. The van der Waals surface area contributed by atoms with E-state index in [9.17, 15) is 4.79 Å². The summed E-state index contributed by atoms with van der Waals surface area (Å²) in [5.74, 6) is 0.512. The highest BCUT2D eigenvalue weighted by Gasteiger charge is 2.16. The van der Waals surface area contributed by atoms with Gasteiger partial charge in [-0.2, -0.15) is 0 Å². The van der Waals surface area contributed by atoms with E-state index in [2.05, 4.69) is 5.16 Å². The molecular formula is C18H9Cl2NO2S. The highest BCUT2D eigenvalue weighted by molar-refractivity contribution is 7.18. The lowest BCUT2D eigenvalue weighted by atomic mass is 10.0. The van der Waals surface area contributed by atoms with Crippen LogP contribution in [0.3, 0.4) is 0 Å². The van der Waals surface area contributed by atoms with Gasteiger partial charge in [-0.15, -0.1) is 11.3 Å². The standard InChI is InChI=1S/C18H9Cl2NO2S/c19-12-3-1-2-11(8-12)18-13-9-10(4-5-14(13)21-23-18)17(22)15-6-7-16(20)24-15/h1-9H. The average molecular weight is 374 g/mol. The van der Waals surface area contributed by atoms with Crippen LogP contribution in [0.1, 0.15) is 15.2 Å². The van der Waals surface area contributed by atoms with Gasteiger partial charge in [-0.3, -0.25) is 4.79 Å². The minimum absolute atomic E-state index is 0.0768. The summed E-state index contributed by atoms with van der Waals surface area (Å²) in [7, 11) is 0. The van der Waals surface area contributed by atoms with E-state index in [0.29, 0.717) is 31.1 Å². The van der Waals surface area contributed by atoms with Crippen molar-refractivity contribution in [2.45, 2.75) is 0 Å². The van der Waals surface area contributed by atoms with Crippen LogP contribution >= 0.6 is 34.5 Å². The fourth-order valence-electron chi connectivity index (χ4n) is 2.50. The number of rotatable bonds is 3. The minimum Gasteiger partial charge on any atom is -0.355 e. The Balaban J connectivity index is 1.83. The second kappa shape index (κ2) is 6.06. The van der Waals surface area contributed by atoms with E-state index >= 15 is 0 Å². The van der Waals surface area contributed by atoms with Crippen LogP contribution in [-0.4, -0.2) is 10.9 Å². The molecule has 0 N–H and O–H groups in total. The molecule has 0 saturated heterocycles. The monoisotopic (exact) mass is 373 g/mol. The third kappa shape index (κ3) is 2.73. The molecule has 0 unspecified atom stereocenters. The molecule has 0 aliphatic heterocycles. The summed E-state index contributed by atoms with van der Waals surface area (Å²) < 4.78 is 6.05. The molecule has 0 fully saturated rings. The van der Waals surface area contributed by atoms with Gasteiger partial charge in [-0.1, -0.05) is 40.5 Å². The molecule has 24 heavy (non-hydrogen) atoms. The highest BCUT2D eigenvalue weighted by Crippen LogP contribution is 2.32. The molecule has 2 aromatic heterocycles. The summed E-state index contributed by atoms with van der Waals surface area (Å²) in [5, 5.41) is 5.43. The fourth-order valence-corrected chi connectivity index (χ4v) is 3.69. The lowest BCUT2D eigenvalue weighted by Gasteiger charge is -2.00. The maximum Gasteiger partial charge on any atom is 0.203 e. The molecule has 0 radical (unpaired) electrons. The Hall–Kier alpha value is -2.14. The minimum atomic E-state index is -0.0768. The molecule has 0 aliphatic rings. The first-order valence-corrected chi connectivity index (χ1v) is 8.64. The number of halogens is 2. The van der Waals surface area contributed by atoms with Crippen molar-refractivity contribution in [3.8, 4) is 11.3 Å². The number of carbonyl (C=O) groups excluding carboxylic acids is 1. The van der Waals surface area contributed by atoms with Crippen LogP contribution in [0.4, 0.5) is 0 Å². The van der Waals surface area contributed by atoms with E-state index in [0.717, 1.165) is 10.9 Å². The molecule has 0 aliphatic carbocycles. The van der Waals surface area contributed by atoms with Gasteiger partial charge in [0.1, 0.15) is 5.52 Å². The third-order valence-electron chi connectivity index (χ3n) is 3.62. The van der Waals surface area contributed by atoms with Gasteiger partial charge in [0.15, 0.2) is 5.76 Å². The first kappa shape index (κ1) is 15.4. The molecule has 0 saturated carbocycles. The van der Waals surface area contributed by atoms with Gasteiger partial charge in [-0.05, 0) is 42.5 Å². The predicted octanol–water partition coefficient (Wildman–Crippen LogP) is 6.09. The Morgan fingerprint density at radius 2 is 1.92 bits per heavy atom. The predicted molar refractivity (Wildman–Crippen MR) is 97.2 cm³/mol. The van der Waals surface area contributed by atoms with Crippen LogP contribution in [0.2, 0.25) is 9.36 Å². The summed E-state index contributed by atoms with van der Waals surface area (Å²) in [6, 6.07) is 16.1. The molecule has 0 spiro atoms. The summed E-state index contributed by atoms with van der Waals surface area (Å²) in [6.07, 6.45) is 0. The van der Waals surface area contributed by atoms with Crippen molar-refractivity contribution in [2.24, 2.45) is 0 Å². The number of fused-ring (bicyclic) bond motifs is 1. The number of hydrogen-bond acceptors (Lipinski definition) is 4. The quantitative estimate of drug-likeness (QED) is 0.407. The molecule has 4 rings (SSSR count). The first-order chi connectivity index (χ1) is 11.6. The molecule has 2 heterocycles. The average Bonchev–Trinajstić information content (AvgIpc) is 3.19. The van der Waals surface area contributed by atoms with Gasteiger partial charge in [0, 0.05) is 16.1 Å². The maximum atomic E-state index is 12.6. The maximum absolute atomic E-state index is 12.6. The molecule has 3 nitrogen and oxygen atoms in total. The Morgan fingerprint density at radius 3 is 2.67 bits per heavy atom. The Bertz CT molecular complexity index is 1070. The number of benzene rings is 2. The van der Waals surface area contributed by atoms with E-state index in [-0.39, 0.29) is 5.78 Å². The topological polar surface area (TPSA) is 43.1 Å². The van der Waals surface area contributed by atoms with Crippen LogP contribution in [0, 0.1) is 0 Å². The Kier molecular flexibility index (Phi) is 3.88. The second-order valence-corrected chi connectivity index (χ2v) is 7.34. The fraction of sp³-hybridized carbons (Fsp3) is 0. The van der Waals surface area contributed by atoms with Crippen LogP contribution in [0.15, 0.2) is 59.1 Å². The third-order valence-corrected chi connectivity index (χ3v) is 5.09. The van der Waals surface area contributed by atoms with Gasteiger partial charge in [0.2, 0.25) is 5.78 Å². The van der Waals surface area contributed by atoms with Gasteiger partial charge in [0.05, 0.1) is 14.6 Å². The van der Waals surface area contributed by atoms with Gasteiger partial charge in [-0.25, -0.2) is 0 Å². The van der Waals surface area contributed by atoms with Crippen molar-refractivity contribution in [1.29, 1.82) is 0 Å². The number of carbonyl (C=O) groups is 1. The number of ketones is 1. The summed E-state index contributed by atoms with van der Waals surface area (Å²) in [4.78, 5) is 13.2. The van der Waals surface area contributed by atoms with E-state index < -0.39 is 0 Å².